The highest BCUT2D eigenvalue weighted by atomic mass is 15.0. The molecule has 0 spiro atoms. The first-order valence-electron chi connectivity index (χ1n) is 3.50. The van der Waals surface area contributed by atoms with Crippen molar-refractivity contribution in [3.63, 3.8) is 0 Å². The Kier molecular flexibility index (Phi) is 1.18. The zero-order valence-electron chi connectivity index (χ0n) is 6.57. The van der Waals surface area contributed by atoms with Crippen molar-refractivity contribution in [2.45, 2.75) is 6.92 Å². The number of aromatic nitrogens is 3. The van der Waals surface area contributed by atoms with E-state index < -0.39 is 0 Å². The quantitative estimate of drug-likeness (QED) is 0.562. The summed E-state index contributed by atoms with van der Waals surface area (Å²) in [6, 6.07) is 0. The third-order valence-electron chi connectivity index (χ3n) is 1.80. The van der Waals surface area contributed by atoms with Gasteiger partial charge in [-0.2, -0.15) is 0 Å². The van der Waals surface area contributed by atoms with Crippen LogP contribution in [0.25, 0.3) is 11.0 Å². The predicted molar refractivity (Wildman–Crippen MR) is 43.2 cm³/mol. The van der Waals surface area contributed by atoms with Crippen LogP contribution in [0.3, 0.4) is 0 Å². The lowest BCUT2D eigenvalue weighted by Crippen LogP contribution is -1.87. The lowest BCUT2D eigenvalue weighted by Gasteiger charge is -1.96. The average molecular weight is 147 g/mol. The first-order valence-corrected chi connectivity index (χ1v) is 3.50. The van der Waals surface area contributed by atoms with Gasteiger partial charge >= 0.3 is 0 Å². The van der Waals surface area contributed by atoms with Gasteiger partial charge in [-0.3, -0.25) is 4.98 Å². The van der Waals surface area contributed by atoms with Crippen molar-refractivity contribution >= 4 is 11.0 Å². The number of aryl methyl sites for hydroxylation is 2. The van der Waals surface area contributed by atoms with Crippen molar-refractivity contribution in [2.75, 3.05) is 0 Å². The zero-order chi connectivity index (χ0) is 7.84. The summed E-state index contributed by atoms with van der Waals surface area (Å²) in [6.45, 7) is 2.04. The van der Waals surface area contributed by atoms with Gasteiger partial charge in [0.15, 0.2) is 0 Å². The van der Waals surface area contributed by atoms with Gasteiger partial charge in [0.25, 0.3) is 0 Å². The van der Waals surface area contributed by atoms with Gasteiger partial charge in [-0.15, -0.1) is 0 Å². The summed E-state index contributed by atoms with van der Waals surface area (Å²) in [5.74, 6) is 0. The van der Waals surface area contributed by atoms with Crippen molar-refractivity contribution < 1.29 is 0 Å². The van der Waals surface area contributed by atoms with E-state index in [1.165, 1.54) is 11.1 Å². The second kappa shape index (κ2) is 2.05. The number of pyridine rings is 1. The Balaban J connectivity index is 2.96. The van der Waals surface area contributed by atoms with E-state index in [0.717, 1.165) is 5.52 Å². The Morgan fingerprint density at radius 3 is 2.91 bits per heavy atom. The van der Waals surface area contributed by atoms with Crippen LogP contribution in [0, 0.1) is 6.92 Å². The molecular weight excluding hydrogens is 138 g/mol. The molecule has 0 radical (unpaired) electrons. The maximum Gasteiger partial charge on any atom is 0.107 e. The van der Waals surface area contributed by atoms with Crippen molar-refractivity contribution in [1.82, 2.24) is 14.5 Å². The monoisotopic (exact) mass is 147 g/mol. The van der Waals surface area contributed by atoms with Crippen LogP contribution in [0.2, 0.25) is 0 Å². The summed E-state index contributed by atoms with van der Waals surface area (Å²) >= 11 is 0. The number of rotatable bonds is 0. The van der Waals surface area contributed by atoms with Crippen molar-refractivity contribution in [2.24, 2.45) is 7.05 Å². The standard InChI is InChI=1S/C8H9N3/c1-6-3-9-4-7-8(6)11(2)5-10-7/h3-5H,1-2H3. The summed E-state index contributed by atoms with van der Waals surface area (Å²) < 4.78 is 2.01. The van der Waals surface area contributed by atoms with Gasteiger partial charge < -0.3 is 4.57 Å². The molecule has 0 bridgehead atoms. The molecule has 11 heavy (non-hydrogen) atoms. The van der Waals surface area contributed by atoms with Gasteiger partial charge in [-0.05, 0) is 12.5 Å². The Labute approximate surface area is 64.7 Å². The molecular formula is C8H9N3. The van der Waals surface area contributed by atoms with Crippen LogP contribution in [0.1, 0.15) is 5.56 Å². The minimum Gasteiger partial charge on any atom is -0.333 e. The van der Waals surface area contributed by atoms with E-state index in [-0.39, 0.29) is 0 Å². The molecule has 2 aromatic heterocycles. The third-order valence-corrected chi connectivity index (χ3v) is 1.80. The highest BCUT2D eigenvalue weighted by molar-refractivity contribution is 5.77. The summed E-state index contributed by atoms with van der Waals surface area (Å²) in [6.07, 6.45) is 5.44. The lowest BCUT2D eigenvalue weighted by molar-refractivity contribution is 0.943. The Morgan fingerprint density at radius 2 is 2.18 bits per heavy atom. The fourth-order valence-corrected chi connectivity index (χ4v) is 1.30. The maximum atomic E-state index is 4.18. The molecule has 0 aliphatic carbocycles. The third kappa shape index (κ3) is 0.808. The van der Waals surface area contributed by atoms with Gasteiger partial charge in [0.05, 0.1) is 18.0 Å². The lowest BCUT2D eigenvalue weighted by atomic mass is 10.3. The van der Waals surface area contributed by atoms with Crippen LogP contribution >= 0.6 is 0 Å². The first-order chi connectivity index (χ1) is 5.29. The van der Waals surface area contributed by atoms with Gasteiger partial charge in [0, 0.05) is 13.2 Å². The topological polar surface area (TPSA) is 30.7 Å². The number of hydrogen-bond donors (Lipinski definition) is 0. The van der Waals surface area contributed by atoms with Crippen LogP contribution in [0.15, 0.2) is 18.7 Å². The molecule has 0 saturated carbocycles. The molecule has 0 aliphatic rings. The Hall–Kier alpha value is -1.38. The highest BCUT2D eigenvalue weighted by Crippen LogP contribution is 2.13. The molecule has 2 aromatic rings. The SMILES string of the molecule is Cc1cncc2ncn(C)c12. The maximum absolute atomic E-state index is 4.18. The summed E-state index contributed by atoms with van der Waals surface area (Å²) in [5, 5.41) is 0. The number of fused-ring (bicyclic) bond motifs is 1. The minimum atomic E-state index is 0.965. The summed E-state index contributed by atoms with van der Waals surface area (Å²) in [4.78, 5) is 8.23. The largest absolute Gasteiger partial charge is 0.333 e. The predicted octanol–water partition coefficient (Wildman–Crippen LogP) is 1.28. The van der Waals surface area contributed by atoms with Crippen molar-refractivity contribution in [1.29, 1.82) is 0 Å². The molecule has 0 atom stereocenters. The molecule has 0 unspecified atom stereocenters. The van der Waals surface area contributed by atoms with Crippen molar-refractivity contribution in [3.8, 4) is 0 Å². The number of nitrogens with zero attached hydrogens (tertiary/aromatic N) is 3. The van der Waals surface area contributed by atoms with Crippen LogP contribution in [0.4, 0.5) is 0 Å². The van der Waals surface area contributed by atoms with Gasteiger partial charge in [-0.1, -0.05) is 0 Å². The Morgan fingerprint density at radius 1 is 1.36 bits per heavy atom. The molecule has 0 N–H and O–H groups in total. The molecule has 2 heterocycles. The molecule has 2 rings (SSSR count). The average Bonchev–Trinajstić information content (AvgIpc) is 2.34. The first kappa shape index (κ1) is 6.34. The summed E-state index contributed by atoms with van der Waals surface area (Å²) in [7, 11) is 1.99. The molecule has 3 heteroatoms. The number of imidazole rings is 1. The second-order valence-corrected chi connectivity index (χ2v) is 2.68. The molecule has 0 aliphatic heterocycles. The van der Waals surface area contributed by atoms with Gasteiger partial charge in [-0.25, -0.2) is 4.98 Å². The fraction of sp³-hybridized carbons (Fsp3) is 0.250. The second-order valence-electron chi connectivity index (χ2n) is 2.68. The van der Waals surface area contributed by atoms with Gasteiger partial charge in [0.2, 0.25) is 0 Å². The molecule has 0 fully saturated rings. The van der Waals surface area contributed by atoms with E-state index in [0.29, 0.717) is 0 Å². The van der Waals surface area contributed by atoms with E-state index in [9.17, 15) is 0 Å². The van der Waals surface area contributed by atoms with Crippen LogP contribution in [-0.2, 0) is 7.05 Å². The minimum absolute atomic E-state index is 0.965. The smallest absolute Gasteiger partial charge is 0.107 e. The van der Waals surface area contributed by atoms with Crippen LogP contribution in [0.5, 0.6) is 0 Å². The van der Waals surface area contributed by atoms with Gasteiger partial charge in [0.1, 0.15) is 5.52 Å². The van der Waals surface area contributed by atoms with E-state index >= 15 is 0 Å². The van der Waals surface area contributed by atoms with E-state index in [1.807, 2.05) is 24.7 Å². The fourth-order valence-electron chi connectivity index (χ4n) is 1.30. The molecule has 3 nitrogen and oxygen atoms in total. The van der Waals surface area contributed by atoms with E-state index in [1.54, 1.807) is 12.5 Å². The molecule has 56 valence electrons. The summed E-state index contributed by atoms with van der Waals surface area (Å²) in [5.41, 5.74) is 3.30. The number of hydrogen-bond acceptors (Lipinski definition) is 2. The molecule has 0 aromatic carbocycles. The van der Waals surface area contributed by atoms with Crippen LogP contribution < -0.4 is 0 Å². The highest BCUT2D eigenvalue weighted by Gasteiger charge is 2.00. The van der Waals surface area contributed by atoms with Crippen LogP contribution in [-0.4, -0.2) is 14.5 Å². The Bertz CT molecular complexity index is 389. The normalized spacial score (nSPS) is 10.7. The van der Waals surface area contributed by atoms with E-state index in [2.05, 4.69) is 9.97 Å². The van der Waals surface area contributed by atoms with Crippen molar-refractivity contribution in [3.05, 3.63) is 24.3 Å². The van der Waals surface area contributed by atoms with E-state index in [4.69, 9.17) is 0 Å². The molecule has 0 saturated heterocycles. The molecule has 0 amide bonds. The zero-order valence-corrected chi connectivity index (χ0v) is 6.57.